The van der Waals surface area contributed by atoms with E-state index in [0.717, 1.165) is 70.4 Å². The van der Waals surface area contributed by atoms with E-state index in [-0.39, 0.29) is 18.0 Å². The molecule has 3 heterocycles. The lowest BCUT2D eigenvalue weighted by Gasteiger charge is -2.39. The van der Waals surface area contributed by atoms with Crippen molar-refractivity contribution in [3.63, 3.8) is 0 Å². The number of guanidine groups is 1. The van der Waals surface area contributed by atoms with Gasteiger partial charge in [0.15, 0.2) is 5.96 Å². The van der Waals surface area contributed by atoms with Crippen molar-refractivity contribution in [1.82, 2.24) is 24.9 Å². The molecule has 2 atom stereocenters. The molecule has 0 bridgehead atoms. The van der Waals surface area contributed by atoms with Gasteiger partial charge in [-0.25, -0.2) is 0 Å². The molecule has 168 valence electrons. The predicted molar refractivity (Wildman–Crippen MR) is 120 cm³/mol. The van der Waals surface area contributed by atoms with Gasteiger partial charge in [0.2, 0.25) is 5.91 Å². The summed E-state index contributed by atoms with van der Waals surface area (Å²) in [5, 5.41) is 3.44. The minimum Gasteiger partial charge on any atom is -0.468 e. The number of likely N-dealkylation sites (tertiary alicyclic amines) is 1. The van der Waals surface area contributed by atoms with Crippen LogP contribution in [-0.4, -0.2) is 104 Å². The van der Waals surface area contributed by atoms with Crippen molar-refractivity contribution in [2.24, 2.45) is 4.99 Å². The van der Waals surface area contributed by atoms with Gasteiger partial charge in [-0.3, -0.25) is 19.6 Å². The lowest BCUT2D eigenvalue weighted by atomic mass is 10.2. The first kappa shape index (κ1) is 22.6. The van der Waals surface area contributed by atoms with Gasteiger partial charge in [-0.15, -0.1) is 0 Å². The van der Waals surface area contributed by atoms with E-state index in [0.29, 0.717) is 6.54 Å². The van der Waals surface area contributed by atoms with Crippen LogP contribution in [0.2, 0.25) is 0 Å². The summed E-state index contributed by atoms with van der Waals surface area (Å²) in [6, 6.07) is 3.99. The van der Waals surface area contributed by atoms with E-state index in [1.165, 1.54) is 0 Å². The van der Waals surface area contributed by atoms with Crippen LogP contribution in [0.25, 0.3) is 0 Å². The average Bonchev–Trinajstić information content (AvgIpc) is 3.46. The normalized spacial score (nSPS) is 20.6. The van der Waals surface area contributed by atoms with E-state index in [2.05, 4.69) is 33.9 Å². The van der Waals surface area contributed by atoms with Gasteiger partial charge >= 0.3 is 0 Å². The van der Waals surface area contributed by atoms with E-state index in [1.54, 1.807) is 6.26 Å². The van der Waals surface area contributed by atoms with Gasteiger partial charge in [0.05, 0.1) is 24.9 Å². The zero-order chi connectivity index (χ0) is 21.5. The van der Waals surface area contributed by atoms with E-state index in [9.17, 15) is 4.79 Å². The van der Waals surface area contributed by atoms with Gasteiger partial charge in [-0.1, -0.05) is 0 Å². The van der Waals surface area contributed by atoms with E-state index in [4.69, 9.17) is 9.41 Å². The fourth-order valence-corrected chi connectivity index (χ4v) is 4.27. The Bertz CT molecular complexity index is 676. The number of rotatable bonds is 7. The van der Waals surface area contributed by atoms with Crippen molar-refractivity contribution < 1.29 is 9.21 Å². The summed E-state index contributed by atoms with van der Waals surface area (Å²) < 4.78 is 5.61. The molecule has 0 radical (unpaired) electrons. The van der Waals surface area contributed by atoms with Crippen LogP contribution >= 0.6 is 0 Å². The molecule has 2 unspecified atom stereocenters. The number of nitrogens with zero attached hydrogens (tertiary/aromatic N) is 5. The number of amides is 1. The second-order valence-corrected chi connectivity index (χ2v) is 8.42. The molecule has 0 aliphatic carbocycles. The fraction of sp³-hybridized carbons (Fsp3) is 0.727. The minimum atomic E-state index is -0.0400. The maximum atomic E-state index is 12.7. The molecule has 1 aromatic rings. The van der Waals surface area contributed by atoms with Crippen LogP contribution in [0.3, 0.4) is 0 Å². The molecule has 8 nitrogen and oxygen atoms in total. The number of aliphatic imine (C=N–C) groups is 1. The molecule has 0 spiro atoms. The van der Waals surface area contributed by atoms with Crippen LogP contribution in [0.4, 0.5) is 0 Å². The van der Waals surface area contributed by atoms with E-state index < -0.39 is 0 Å². The van der Waals surface area contributed by atoms with Crippen LogP contribution in [-0.2, 0) is 4.79 Å². The smallest absolute Gasteiger partial charge is 0.239 e. The van der Waals surface area contributed by atoms with Crippen LogP contribution in [0.15, 0.2) is 27.8 Å². The van der Waals surface area contributed by atoms with Crippen molar-refractivity contribution in [3.05, 3.63) is 24.2 Å². The maximum Gasteiger partial charge on any atom is 0.239 e. The molecule has 0 aromatic carbocycles. The monoisotopic (exact) mass is 418 g/mol. The molecule has 30 heavy (non-hydrogen) atoms. The standard InChI is InChI=1S/C22H38N6O2/c1-5-23-22(24-17-19(25(3)4)20-9-8-16-30-20)28-14-12-26(13-15-28)18(2)21(29)27-10-6-7-11-27/h8-9,16,18-19H,5-7,10-15,17H2,1-4H3,(H,23,24). The highest BCUT2D eigenvalue weighted by Gasteiger charge is 2.30. The minimum absolute atomic E-state index is 0.0400. The molecular weight excluding hydrogens is 380 g/mol. The zero-order valence-corrected chi connectivity index (χ0v) is 19.0. The topological polar surface area (TPSA) is 67.6 Å². The van der Waals surface area contributed by atoms with Crippen molar-refractivity contribution in [3.8, 4) is 0 Å². The third kappa shape index (κ3) is 5.55. The molecule has 1 amide bonds. The number of furan rings is 1. The summed E-state index contributed by atoms with van der Waals surface area (Å²) in [5.41, 5.74) is 0. The summed E-state index contributed by atoms with van der Waals surface area (Å²) in [5.74, 6) is 2.15. The van der Waals surface area contributed by atoms with Gasteiger partial charge in [0.1, 0.15) is 5.76 Å². The molecule has 0 saturated carbocycles. The van der Waals surface area contributed by atoms with Crippen molar-refractivity contribution in [2.45, 2.75) is 38.8 Å². The Hall–Kier alpha value is -2.06. The van der Waals surface area contributed by atoms with Gasteiger partial charge in [-0.2, -0.15) is 0 Å². The lowest BCUT2D eigenvalue weighted by molar-refractivity contribution is -0.135. The number of likely N-dealkylation sites (N-methyl/N-ethyl adjacent to an activating group) is 1. The van der Waals surface area contributed by atoms with Crippen molar-refractivity contribution in [2.75, 3.05) is 66.5 Å². The largest absolute Gasteiger partial charge is 0.468 e. The predicted octanol–water partition coefficient (Wildman–Crippen LogP) is 1.48. The lowest BCUT2D eigenvalue weighted by Crippen LogP contribution is -2.57. The van der Waals surface area contributed by atoms with Crippen LogP contribution in [0, 0.1) is 0 Å². The number of hydrogen-bond donors (Lipinski definition) is 1. The average molecular weight is 419 g/mol. The summed E-state index contributed by atoms with van der Waals surface area (Å²) in [7, 11) is 4.10. The number of hydrogen-bond acceptors (Lipinski definition) is 5. The summed E-state index contributed by atoms with van der Waals surface area (Å²) in [6.07, 6.45) is 3.99. The Labute approximate surface area is 180 Å². The van der Waals surface area contributed by atoms with Crippen LogP contribution in [0.5, 0.6) is 0 Å². The number of nitrogens with one attached hydrogen (secondary N) is 1. The molecule has 8 heteroatoms. The second-order valence-electron chi connectivity index (χ2n) is 8.42. The highest BCUT2D eigenvalue weighted by molar-refractivity contribution is 5.82. The summed E-state index contributed by atoms with van der Waals surface area (Å²) >= 11 is 0. The number of carbonyl (C=O) groups is 1. The number of piperazine rings is 1. The first-order valence-electron chi connectivity index (χ1n) is 11.3. The van der Waals surface area contributed by atoms with Gasteiger partial charge in [0, 0.05) is 45.8 Å². The molecular formula is C22H38N6O2. The third-order valence-corrected chi connectivity index (χ3v) is 6.18. The Morgan fingerprint density at radius 2 is 1.87 bits per heavy atom. The molecule has 1 aromatic heterocycles. The van der Waals surface area contributed by atoms with E-state index >= 15 is 0 Å². The zero-order valence-electron chi connectivity index (χ0n) is 19.0. The van der Waals surface area contributed by atoms with Crippen LogP contribution in [0.1, 0.15) is 38.5 Å². The Morgan fingerprint density at radius 1 is 1.17 bits per heavy atom. The molecule has 2 fully saturated rings. The highest BCUT2D eigenvalue weighted by atomic mass is 16.3. The van der Waals surface area contributed by atoms with Crippen molar-refractivity contribution >= 4 is 11.9 Å². The first-order chi connectivity index (χ1) is 14.5. The Morgan fingerprint density at radius 3 is 2.43 bits per heavy atom. The van der Waals surface area contributed by atoms with Gasteiger partial charge in [0.25, 0.3) is 0 Å². The summed E-state index contributed by atoms with van der Waals surface area (Å²) in [6.45, 7) is 10.9. The summed E-state index contributed by atoms with van der Waals surface area (Å²) in [4.78, 5) is 26.4. The maximum absolute atomic E-state index is 12.7. The Kier molecular flexibility index (Phi) is 8.16. The molecule has 3 rings (SSSR count). The van der Waals surface area contributed by atoms with Gasteiger partial charge in [-0.05, 0) is 52.9 Å². The third-order valence-electron chi connectivity index (χ3n) is 6.18. The molecule has 2 saturated heterocycles. The second kappa shape index (κ2) is 10.8. The molecule has 1 N–H and O–H groups in total. The molecule has 2 aliphatic rings. The fourth-order valence-electron chi connectivity index (χ4n) is 4.27. The quantitative estimate of drug-likeness (QED) is 0.534. The van der Waals surface area contributed by atoms with Crippen LogP contribution < -0.4 is 5.32 Å². The Balaban J connectivity index is 1.58. The molecule has 2 aliphatic heterocycles. The first-order valence-corrected chi connectivity index (χ1v) is 11.3. The SMILES string of the molecule is CCNC(=NCC(c1ccco1)N(C)C)N1CCN(C(C)C(=O)N2CCCC2)CC1. The number of carbonyl (C=O) groups excluding carboxylic acids is 1. The highest BCUT2D eigenvalue weighted by Crippen LogP contribution is 2.19. The van der Waals surface area contributed by atoms with Gasteiger partial charge < -0.3 is 19.5 Å². The van der Waals surface area contributed by atoms with Crippen molar-refractivity contribution in [1.29, 1.82) is 0 Å². The van der Waals surface area contributed by atoms with E-state index in [1.807, 2.05) is 31.1 Å².